The second-order valence-electron chi connectivity index (χ2n) is 3.17. The fourth-order valence-electron chi connectivity index (χ4n) is 0.927. The SMILES string of the molecule is CCC.CCCCc1cccnc1. The van der Waals surface area contributed by atoms with Crippen molar-refractivity contribution in [1.29, 1.82) is 0 Å². The molecule has 1 rings (SSSR count). The third-order valence-corrected chi connectivity index (χ3v) is 1.54. The van der Waals surface area contributed by atoms with Crippen molar-refractivity contribution in [2.45, 2.75) is 46.5 Å². The third kappa shape index (κ3) is 7.51. The summed E-state index contributed by atoms with van der Waals surface area (Å²) < 4.78 is 0. The van der Waals surface area contributed by atoms with Gasteiger partial charge in [0.15, 0.2) is 0 Å². The molecule has 1 aromatic rings. The Morgan fingerprint density at radius 3 is 2.38 bits per heavy atom. The van der Waals surface area contributed by atoms with E-state index in [2.05, 4.69) is 31.8 Å². The molecule has 0 aliphatic carbocycles. The van der Waals surface area contributed by atoms with Crippen LogP contribution in [0.5, 0.6) is 0 Å². The second kappa shape index (κ2) is 9.24. The van der Waals surface area contributed by atoms with Crippen molar-refractivity contribution in [3.8, 4) is 0 Å². The van der Waals surface area contributed by atoms with E-state index in [0.29, 0.717) is 0 Å². The second-order valence-corrected chi connectivity index (χ2v) is 3.17. The monoisotopic (exact) mass is 179 g/mol. The molecule has 13 heavy (non-hydrogen) atoms. The molecule has 74 valence electrons. The van der Waals surface area contributed by atoms with Crippen LogP contribution in [-0.4, -0.2) is 4.98 Å². The summed E-state index contributed by atoms with van der Waals surface area (Å²) in [6.45, 7) is 6.45. The van der Waals surface area contributed by atoms with Gasteiger partial charge in [0.2, 0.25) is 0 Å². The Bertz CT molecular complexity index is 182. The maximum Gasteiger partial charge on any atom is 0.0299 e. The van der Waals surface area contributed by atoms with Gasteiger partial charge in [-0.2, -0.15) is 0 Å². The fourth-order valence-corrected chi connectivity index (χ4v) is 0.927. The number of aryl methyl sites for hydroxylation is 1. The summed E-state index contributed by atoms with van der Waals surface area (Å²) in [6.07, 6.45) is 8.70. The van der Waals surface area contributed by atoms with Crippen LogP contribution in [-0.2, 0) is 6.42 Å². The van der Waals surface area contributed by atoms with Crippen LogP contribution < -0.4 is 0 Å². The molecule has 0 amide bonds. The van der Waals surface area contributed by atoms with Crippen molar-refractivity contribution in [1.82, 2.24) is 4.98 Å². The molecule has 1 aromatic heterocycles. The van der Waals surface area contributed by atoms with Crippen LogP contribution in [0.15, 0.2) is 24.5 Å². The summed E-state index contributed by atoms with van der Waals surface area (Å²) >= 11 is 0. The Labute approximate surface area is 82.2 Å². The van der Waals surface area contributed by atoms with E-state index in [1.54, 1.807) is 0 Å². The van der Waals surface area contributed by atoms with E-state index in [1.165, 1.54) is 31.2 Å². The molecule has 0 bridgehead atoms. The molecule has 0 fully saturated rings. The van der Waals surface area contributed by atoms with E-state index in [9.17, 15) is 0 Å². The van der Waals surface area contributed by atoms with E-state index in [4.69, 9.17) is 0 Å². The average molecular weight is 179 g/mol. The molecule has 0 saturated carbocycles. The molecule has 0 aliphatic rings. The number of hydrogen-bond donors (Lipinski definition) is 0. The molecule has 1 heterocycles. The average Bonchev–Trinajstić information content (AvgIpc) is 2.18. The molecule has 0 N–H and O–H groups in total. The van der Waals surface area contributed by atoms with Crippen molar-refractivity contribution < 1.29 is 0 Å². The molecule has 0 aromatic carbocycles. The Hall–Kier alpha value is -0.850. The molecule has 0 spiro atoms. The first-order chi connectivity index (χ1) is 6.35. The highest BCUT2D eigenvalue weighted by Gasteiger charge is 1.88. The predicted octanol–water partition coefficient (Wildman–Crippen LogP) is 3.84. The molecular formula is C12H21N. The molecule has 0 unspecified atom stereocenters. The smallest absolute Gasteiger partial charge is 0.0299 e. The summed E-state index contributed by atoms with van der Waals surface area (Å²) in [6, 6.07) is 4.12. The van der Waals surface area contributed by atoms with Gasteiger partial charge < -0.3 is 0 Å². The summed E-state index contributed by atoms with van der Waals surface area (Å²) in [4.78, 5) is 4.04. The number of nitrogens with zero attached hydrogens (tertiary/aromatic N) is 1. The van der Waals surface area contributed by atoms with E-state index < -0.39 is 0 Å². The van der Waals surface area contributed by atoms with E-state index in [-0.39, 0.29) is 0 Å². The maximum absolute atomic E-state index is 4.04. The lowest BCUT2D eigenvalue weighted by Gasteiger charge is -1.95. The molecule has 1 heteroatoms. The first-order valence-electron chi connectivity index (χ1n) is 5.24. The molecular weight excluding hydrogens is 158 g/mol. The van der Waals surface area contributed by atoms with Gasteiger partial charge in [-0.05, 0) is 24.5 Å². The quantitative estimate of drug-likeness (QED) is 0.687. The number of hydrogen-bond acceptors (Lipinski definition) is 1. The van der Waals surface area contributed by atoms with E-state index in [1.807, 2.05) is 18.5 Å². The summed E-state index contributed by atoms with van der Waals surface area (Å²) in [5.74, 6) is 0. The number of unbranched alkanes of at least 4 members (excludes halogenated alkanes) is 1. The fraction of sp³-hybridized carbons (Fsp3) is 0.583. The Kier molecular flexibility index (Phi) is 8.64. The first-order valence-corrected chi connectivity index (χ1v) is 5.24. The molecule has 0 saturated heterocycles. The molecule has 0 radical (unpaired) electrons. The Morgan fingerprint density at radius 2 is 1.92 bits per heavy atom. The Balaban J connectivity index is 0.000000424. The molecule has 0 atom stereocenters. The van der Waals surface area contributed by atoms with E-state index in [0.717, 1.165) is 0 Å². The van der Waals surface area contributed by atoms with Crippen LogP contribution in [0, 0.1) is 0 Å². The molecule has 1 nitrogen and oxygen atoms in total. The van der Waals surface area contributed by atoms with Crippen LogP contribution in [0.3, 0.4) is 0 Å². The van der Waals surface area contributed by atoms with Crippen molar-refractivity contribution in [3.05, 3.63) is 30.1 Å². The molecule has 0 aliphatic heterocycles. The normalized spacial score (nSPS) is 8.85. The topological polar surface area (TPSA) is 12.9 Å². The van der Waals surface area contributed by atoms with Crippen molar-refractivity contribution in [2.24, 2.45) is 0 Å². The summed E-state index contributed by atoms with van der Waals surface area (Å²) in [5.41, 5.74) is 1.35. The van der Waals surface area contributed by atoms with Gasteiger partial charge in [-0.15, -0.1) is 0 Å². The lowest BCUT2D eigenvalue weighted by atomic mass is 10.1. The predicted molar refractivity (Wildman–Crippen MR) is 58.8 cm³/mol. The van der Waals surface area contributed by atoms with Crippen LogP contribution >= 0.6 is 0 Å². The van der Waals surface area contributed by atoms with Crippen LogP contribution in [0.25, 0.3) is 0 Å². The minimum atomic E-state index is 1.17. The first kappa shape index (κ1) is 12.2. The number of aromatic nitrogens is 1. The van der Waals surface area contributed by atoms with Crippen LogP contribution in [0.1, 0.15) is 45.6 Å². The van der Waals surface area contributed by atoms with Crippen molar-refractivity contribution in [2.75, 3.05) is 0 Å². The summed E-state index contributed by atoms with van der Waals surface area (Å²) in [5, 5.41) is 0. The standard InChI is InChI=1S/C9H13N.C3H8/c1-2-3-5-9-6-4-7-10-8-9;1-3-2/h4,6-8H,2-3,5H2,1H3;3H2,1-2H3. The van der Waals surface area contributed by atoms with Crippen LogP contribution in [0.2, 0.25) is 0 Å². The minimum Gasteiger partial charge on any atom is -0.264 e. The van der Waals surface area contributed by atoms with Gasteiger partial charge in [-0.25, -0.2) is 0 Å². The highest BCUT2D eigenvalue weighted by Crippen LogP contribution is 2.01. The van der Waals surface area contributed by atoms with Crippen molar-refractivity contribution >= 4 is 0 Å². The van der Waals surface area contributed by atoms with Gasteiger partial charge in [0.05, 0.1) is 0 Å². The number of rotatable bonds is 3. The maximum atomic E-state index is 4.04. The largest absolute Gasteiger partial charge is 0.264 e. The zero-order valence-electron chi connectivity index (χ0n) is 9.09. The highest BCUT2D eigenvalue weighted by molar-refractivity contribution is 5.07. The van der Waals surface area contributed by atoms with Gasteiger partial charge in [0.25, 0.3) is 0 Å². The third-order valence-electron chi connectivity index (χ3n) is 1.54. The Morgan fingerprint density at radius 1 is 1.23 bits per heavy atom. The van der Waals surface area contributed by atoms with Crippen molar-refractivity contribution in [3.63, 3.8) is 0 Å². The van der Waals surface area contributed by atoms with Gasteiger partial charge in [-0.3, -0.25) is 4.98 Å². The van der Waals surface area contributed by atoms with E-state index >= 15 is 0 Å². The van der Waals surface area contributed by atoms with Gasteiger partial charge in [0.1, 0.15) is 0 Å². The van der Waals surface area contributed by atoms with Gasteiger partial charge in [0, 0.05) is 12.4 Å². The highest BCUT2D eigenvalue weighted by atomic mass is 14.6. The van der Waals surface area contributed by atoms with Gasteiger partial charge in [-0.1, -0.05) is 39.7 Å². The lowest BCUT2D eigenvalue weighted by Crippen LogP contribution is -1.83. The lowest BCUT2D eigenvalue weighted by molar-refractivity contribution is 0.792. The zero-order valence-corrected chi connectivity index (χ0v) is 9.09. The minimum absolute atomic E-state index is 1.17. The van der Waals surface area contributed by atoms with Crippen LogP contribution in [0.4, 0.5) is 0 Å². The summed E-state index contributed by atoms with van der Waals surface area (Å²) in [7, 11) is 0. The zero-order chi connectivity index (χ0) is 9.94. The number of pyridine rings is 1. The van der Waals surface area contributed by atoms with Gasteiger partial charge >= 0.3 is 0 Å².